The van der Waals surface area contributed by atoms with Gasteiger partial charge in [-0.05, 0) is 44.6 Å². The van der Waals surface area contributed by atoms with Crippen LogP contribution in [0.5, 0.6) is 0 Å². The summed E-state index contributed by atoms with van der Waals surface area (Å²) in [6, 6.07) is 2.96. The molecule has 4 rings (SSSR count). The maximum Gasteiger partial charge on any atom is 0.137 e. The average molecular weight is 388 g/mol. The minimum atomic E-state index is -1.57. The molecule has 2 atom stereocenters. The van der Waals surface area contributed by atoms with Crippen LogP contribution in [0.4, 0.5) is 8.78 Å². The molecule has 1 saturated heterocycles. The molecule has 2 aromatic rings. The fraction of sp³-hybridized carbons (Fsp3) is 0.524. The SMILES string of the molecule is C[C@@H](N1CCC(=CC2CC2)CC1)[C@](O)(Cn1cncn1)c1ccc(F)cc1F. The molecule has 1 aromatic carbocycles. The van der Waals surface area contributed by atoms with Gasteiger partial charge in [-0.2, -0.15) is 5.10 Å². The van der Waals surface area contributed by atoms with E-state index in [1.807, 2.05) is 6.92 Å². The average Bonchev–Trinajstić information content (AvgIpc) is 3.34. The molecule has 2 heterocycles. The maximum atomic E-state index is 14.6. The van der Waals surface area contributed by atoms with Crippen molar-refractivity contribution >= 4 is 0 Å². The molecular formula is C21H26F2N4O. The van der Waals surface area contributed by atoms with Crippen molar-refractivity contribution < 1.29 is 13.9 Å². The number of rotatable bonds is 6. The van der Waals surface area contributed by atoms with Crippen LogP contribution < -0.4 is 0 Å². The van der Waals surface area contributed by atoms with E-state index in [0.29, 0.717) is 0 Å². The van der Waals surface area contributed by atoms with Crippen LogP contribution in [0.2, 0.25) is 0 Å². The van der Waals surface area contributed by atoms with E-state index in [0.717, 1.165) is 37.9 Å². The smallest absolute Gasteiger partial charge is 0.137 e. The Labute approximate surface area is 163 Å². The number of allylic oxidation sites excluding steroid dienone is 1. The first kappa shape index (κ1) is 19.2. The molecule has 1 aromatic heterocycles. The van der Waals surface area contributed by atoms with Gasteiger partial charge in [0.05, 0.1) is 6.54 Å². The van der Waals surface area contributed by atoms with E-state index in [4.69, 9.17) is 0 Å². The van der Waals surface area contributed by atoms with Gasteiger partial charge in [-0.3, -0.25) is 4.90 Å². The van der Waals surface area contributed by atoms with Crippen LogP contribution in [0, 0.1) is 17.6 Å². The third-order valence-electron chi connectivity index (χ3n) is 6.04. The Morgan fingerprint density at radius 1 is 1.29 bits per heavy atom. The summed E-state index contributed by atoms with van der Waals surface area (Å²) in [4.78, 5) is 6.10. The lowest BCUT2D eigenvalue weighted by atomic mass is 9.84. The molecule has 2 fully saturated rings. The minimum Gasteiger partial charge on any atom is -0.381 e. The number of hydrogen-bond donors (Lipinski definition) is 1. The van der Waals surface area contributed by atoms with Gasteiger partial charge in [-0.15, -0.1) is 0 Å². The Bertz CT molecular complexity index is 840. The monoisotopic (exact) mass is 388 g/mol. The van der Waals surface area contributed by atoms with Gasteiger partial charge in [0.15, 0.2) is 0 Å². The summed E-state index contributed by atoms with van der Waals surface area (Å²) >= 11 is 0. The van der Waals surface area contributed by atoms with E-state index in [1.165, 1.54) is 47.9 Å². The highest BCUT2D eigenvalue weighted by Crippen LogP contribution is 2.36. The normalized spacial score (nSPS) is 21.4. The van der Waals surface area contributed by atoms with Gasteiger partial charge < -0.3 is 5.11 Å². The van der Waals surface area contributed by atoms with Crippen molar-refractivity contribution in [1.29, 1.82) is 0 Å². The Morgan fingerprint density at radius 2 is 2.04 bits per heavy atom. The third kappa shape index (κ3) is 4.00. The predicted octanol–water partition coefficient (Wildman–Crippen LogP) is 3.26. The number of piperidine rings is 1. The van der Waals surface area contributed by atoms with Gasteiger partial charge in [0, 0.05) is 30.8 Å². The highest BCUT2D eigenvalue weighted by atomic mass is 19.1. The second-order valence-corrected chi connectivity index (χ2v) is 8.02. The summed E-state index contributed by atoms with van der Waals surface area (Å²) in [5.74, 6) is -0.651. The van der Waals surface area contributed by atoms with E-state index >= 15 is 0 Å². The van der Waals surface area contributed by atoms with Crippen LogP contribution in [-0.4, -0.2) is 43.9 Å². The molecule has 2 aliphatic rings. The highest BCUT2D eigenvalue weighted by molar-refractivity contribution is 5.27. The maximum absolute atomic E-state index is 14.6. The molecule has 1 N–H and O–H groups in total. The number of hydrogen-bond acceptors (Lipinski definition) is 4. The third-order valence-corrected chi connectivity index (χ3v) is 6.04. The molecule has 5 nitrogen and oxygen atoms in total. The fourth-order valence-electron chi connectivity index (χ4n) is 4.11. The molecule has 150 valence electrons. The van der Waals surface area contributed by atoms with Crippen LogP contribution in [-0.2, 0) is 12.1 Å². The molecular weight excluding hydrogens is 362 g/mol. The summed E-state index contributed by atoms with van der Waals surface area (Å²) < 4.78 is 29.6. The largest absolute Gasteiger partial charge is 0.381 e. The molecule has 28 heavy (non-hydrogen) atoms. The zero-order valence-corrected chi connectivity index (χ0v) is 16.1. The lowest BCUT2D eigenvalue weighted by Crippen LogP contribution is -2.53. The first-order valence-corrected chi connectivity index (χ1v) is 9.89. The minimum absolute atomic E-state index is 0.0397. The summed E-state index contributed by atoms with van der Waals surface area (Å²) in [7, 11) is 0. The highest BCUT2D eigenvalue weighted by Gasteiger charge is 2.42. The van der Waals surface area contributed by atoms with Crippen LogP contribution in [0.3, 0.4) is 0 Å². The summed E-state index contributed by atoms with van der Waals surface area (Å²) in [5, 5.41) is 15.7. The molecule has 0 amide bonds. The zero-order chi connectivity index (χ0) is 19.7. The van der Waals surface area contributed by atoms with Crippen LogP contribution >= 0.6 is 0 Å². The lowest BCUT2D eigenvalue weighted by molar-refractivity contribution is -0.0657. The first-order chi connectivity index (χ1) is 13.5. The summed E-state index contributed by atoms with van der Waals surface area (Å²) in [6.45, 7) is 3.55. The number of aliphatic hydroxyl groups is 1. The van der Waals surface area contributed by atoms with Gasteiger partial charge in [-0.1, -0.05) is 17.7 Å². The van der Waals surface area contributed by atoms with Crippen molar-refractivity contribution in [2.75, 3.05) is 13.1 Å². The molecule has 1 aliphatic carbocycles. The second kappa shape index (κ2) is 7.72. The lowest BCUT2D eigenvalue weighted by Gasteiger charge is -2.43. The van der Waals surface area contributed by atoms with E-state index in [1.54, 1.807) is 0 Å². The zero-order valence-electron chi connectivity index (χ0n) is 16.1. The van der Waals surface area contributed by atoms with E-state index in [-0.39, 0.29) is 18.2 Å². The van der Waals surface area contributed by atoms with E-state index in [2.05, 4.69) is 21.1 Å². The van der Waals surface area contributed by atoms with Gasteiger partial charge >= 0.3 is 0 Å². The molecule has 0 radical (unpaired) electrons. The predicted molar refractivity (Wildman–Crippen MR) is 101 cm³/mol. The second-order valence-electron chi connectivity index (χ2n) is 8.02. The van der Waals surface area contributed by atoms with E-state index < -0.39 is 17.2 Å². The summed E-state index contributed by atoms with van der Waals surface area (Å²) in [6.07, 6.45) is 9.80. The van der Waals surface area contributed by atoms with Crippen LogP contribution in [0.15, 0.2) is 42.5 Å². The molecule has 0 bridgehead atoms. The van der Waals surface area contributed by atoms with Gasteiger partial charge in [0.25, 0.3) is 0 Å². The number of aromatic nitrogens is 3. The Hall–Kier alpha value is -2.12. The Balaban J connectivity index is 1.59. The first-order valence-electron chi connectivity index (χ1n) is 9.89. The number of benzene rings is 1. The topological polar surface area (TPSA) is 54.2 Å². The van der Waals surface area contributed by atoms with Gasteiger partial charge in [-0.25, -0.2) is 18.4 Å². The number of halogens is 2. The molecule has 0 unspecified atom stereocenters. The van der Waals surface area contributed by atoms with Crippen LogP contribution in [0.25, 0.3) is 0 Å². The van der Waals surface area contributed by atoms with Crippen molar-refractivity contribution in [3.05, 3.63) is 59.7 Å². The van der Waals surface area contributed by atoms with Crippen molar-refractivity contribution in [3.8, 4) is 0 Å². The van der Waals surface area contributed by atoms with Crippen molar-refractivity contribution in [2.45, 2.75) is 50.8 Å². The molecule has 1 aliphatic heterocycles. The standard InChI is InChI=1S/C21H26F2N4O/c1-15(26-8-6-17(7-9-26)10-16-2-3-16)21(28,12-27-14-24-13-25-27)19-5-4-18(22)11-20(19)23/h4-5,10-11,13-16,28H,2-3,6-9,12H2,1H3/t15-,21-/m1/s1. The van der Waals surface area contributed by atoms with Crippen LogP contribution in [0.1, 0.15) is 38.2 Å². The number of nitrogens with zero attached hydrogens (tertiary/aromatic N) is 4. The quantitative estimate of drug-likeness (QED) is 0.772. The van der Waals surface area contributed by atoms with Crippen molar-refractivity contribution in [3.63, 3.8) is 0 Å². The van der Waals surface area contributed by atoms with Crippen molar-refractivity contribution in [2.24, 2.45) is 5.92 Å². The Morgan fingerprint density at radius 3 is 2.64 bits per heavy atom. The van der Waals surface area contributed by atoms with E-state index in [9.17, 15) is 13.9 Å². The molecule has 1 saturated carbocycles. The summed E-state index contributed by atoms with van der Waals surface area (Å²) in [5.41, 5.74) is -0.00151. The fourth-order valence-corrected chi connectivity index (χ4v) is 4.11. The molecule has 7 heteroatoms. The Kier molecular flexibility index (Phi) is 5.29. The van der Waals surface area contributed by atoms with Gasteiger partial charge in [0.1, 0.15) is 29.9 Å². The number of likely N-dealkylation sites (tertiary alicyclic amines) is 1. The van der Waals surface area contributed by atoms with Crippen molar-refractivity contribution in [1.82, 2.24) is 19.7 Å². The van der Waals surface area contributed by atoms with Gasteiger partial charge in [0.2, 0.25) is 0 Å². The molecule has 0 spiro atoms.